The molecule has 0 saturated carbocycles. The number of ketones is 2. The summed E-state index contributed by atoms with van der Waals surface area (Å²) in [6.07, 6.45) is 1.34. The average molecular weight is 273 g/mol. The van der Waals surface area contributed by atoms with E-state index in [0.29, 0.717) is 0 Å². The number of benzene rings is 1. The fraction of sp³-hybridized carbons (Fsp3) is 0.0714. The number of fused-ring (bicyclic) bond motifs is 1. The van der Waals surface area contributed by atoms with E-state index in [0.717, 1.165) is 17.0 Å². The van der Waals surface area contributed by atoms with Gasteiger partial charge in [0, 0.05) is 0 Å². The van der Waals surface area contributed by atoms with Crippen LogP contribution in [0.4, 0.5) is 10.1 Å². The van der Waals surface area contributed by atoms with Crippen LogP contribution in [0.3, 0.4) is 0 Å². The van der Waals surface area contributed by atoms with Crippen molar-refractivity contribution in [3.63, 3.8) is 0 Å². The van der Waals surface area contributed by atoms with Gasteiger partial charge in [-0.1, -0.05) is 0 Å². The monoisotopic (exact) mass is 273 g/mol. The molecule has 1 aromatic carbocycles. The summed E-state index contributed by atoms with van der Waals surface area (Å²) < 4.78 is 18.1. The Morgan fingerprint density at radius 3 is 2.75 bits per heavy atom. The fourth-order valence-corrected chi connectivity index (χ4v) is 2.09. The molecule has 5 nitrogen and oxygen atoms in total. The van der Waals surface area contributed by atoms with Crippen molar-refractivity contribution in [3.05, 3.63) is 53.7 Å². The molecular weight excluding hydrogens is 265 g/mol. The maximum atomic E-state index is 13.1. The summed E-state index contributed by atoms with van der Waals surface area (Å²) in [6, 6.07) is 6.45. The van der Waals surface area contributed by atoms with Gasteiger partial charge in [0.05, 0.1) is 24.1 Å². The third-order valence-electron chi connectivity index (χ3n) is 3.03. The van der Waals surface area contributed by atoms with Gasteiger partial charge in [0.1, 0.15) is 5.82 Å². The van der Waals surface area contributed by atoms with E-state index in [-0.39, 0.29) is 23.6 Å². The van der Waals surface area contributed by atoms with E-state index < -0.39 is 23.3 Å². The van der Waals surface area contributed by atoms with Crippen LogP contribution in [0.25, 0.3) is 0 Å². The third-order valence-corrected chi connectivity index (χ3v) is 3.03. The zero-order chi connectivity index (χ0) is 14.3. The number of furan rings is 1. The second-order valence-electron chi connectivity index (χ2n) is 4.28. The normalized spacial score (nSPS) is 13.8. The second-order valence-corrected chi connectivity index (χ2v) is 4.28. The highest BCUT2D eigenvalue weighted by molar-refractivity contribution is 6.52. The molecule has 0 spiro atoms. The lowest BCUT2D eigenvalue weighted by Crippen LogP contribution is -2.34. The quantitative estimate of drug-likeness (QED) is 0.632. The Balaban J connectivity index is 1.94. The highest BCUT2D eigenvalue weighted by Gasteiger charge is 2.37. The van der Waals surface area contributed by atoms with E-state index >= 15 is 0 Å². The Kier molecular flexibility index (Phi) is 2.71. The van der Waals surface area contributed by atoms with Gasteiger partial charge in [0.15, 0.2) is 5.76 Å². The number of hydrogen-bond donors (Lipinski definition) is 0. The number of anilines is 1. The maximum absolute atomic E-state index is 13.1. The molecule has 0 N–H and O–H groups in total. The smallest absolute Gasteiger partial charge is 0.299 e. The molecule has 2 heterocycles. The van der Waals surface area contributed by atoms with Crippen molar-refractivity contribution in [2.75, 3.05) is 11.4 Å². The SMILES string of the molecule is O=C(CN1C(=O)C(=O)c2cc(F)ccc21)c1ccco1. The molecule has 2 aromatic rings. The van der Waals surface area contributed by atoms with Gasteiger partial charge in [-0.2, -0.15) is 0 Å². The largest absolute Gasteiger partial charge is 0.461 e. The first-order valence-corrected chi connectivity index (χ1v) is 5.80. The highest BCUT2D eigenvalue weighted by atomic mass is 19.1. The van der Waals surface area contributed by atoms with Crippen molar-refractivity contribution in [1.82, 2.24) is 0 Å². The van der Waals surface area contributed by atoms with Crippen molar-refractivity contribution in [3.8, 4) is 0 Å². The van der Waals surface area contributed by atoms with Crippen molar-refractivity contribution in [2.24, 2.45) is 0 Å². The molecule has 0 radical (unpaired) electrons. The minimum Gasteiger partial charge on any atom is -0.461 e. The van der Waals surface area contributed by atoms with Gasteiger partial charge in [-0.25, -0.2) is 4.39 Å². The number of halogens is 1. The summed E-state index contributed by atoms with van der Waals surface area (Å²) >= 11 is 0. The van der Waals surface area contributed by atoms with Gasteiger partial charge in [-0.3, -0.25) is 19.3 Å². The lowest BCUT2D eigenvalue weighted by atomic mass is 10.1. The molecule has 0 aliphatic carbocycles. The number of nitrogens with zero attached hydrogens (tertiary/aromatic N) is 1. The lowest BCUT2D eigenvalue weighted by Gasteiger charge is -2.14. The van der Waals surface area contributed by atoms with Crippen LogP contribution in [-0.4, -0.2) is 24.0 Å². The molecule has 1 aromatic heterocycles. The van der Waals surface area contributed by atoms with Crippen LogP contribution < -0.4 is 4.90 Å². The van der Waals surface area contributed by atoms with Crippen molar-refractivity contribution in [1.29, 1.82) is 0 Å². The fourth-order valence-electron chi connectivity index (χ4n) is 2.09. The third kappa shape index (κ3) is 1.82. The van der Waals surface area contributed by atoms with Crippen molar-refractivity contribution in [2.45, 2.75) is 0 Å². The standard InChI is InChI=1S/C14H8FNO4/c15-8-3-4-10-9(6-8)13(18)14(19)16(10)7-11(17)12-2-1-5-20-12/h1-6H,7H2. The molecule has 0 bridgehead atoms. The minimum atomic E-state index is -0.842. The molecule has 1 amide bonds. The van der Waals surface area contributed by atoms with E-state index in [9.17, 15) is 18.8 Å². The molecule has 0 fully saturated rings. The molecule has 1 aliphatic rings. The summed E-state index contributed by atoms with van der Waals surface area (Å²) in [6.45, 7) is -0.323. The predicted octanol–water partition coefficient (Wildman–Crippen LogP) is 1.83. The summed E-state index contributed by atoms with van der Waals surface area (Å²) in [4.78, 5) is 36.5. The van der Waals surface area contributed by atoms with Crippen LogP contribution >= 0.6 is 0 Å². The zero-order valence-corrected chi connectivity index (χ0v) is 10.1. The predicted molar refractivity (Wildman–Crippen MR) is 66.1 cm³/mol. The molecule has 20 heavy (non-hydrogen) atoms. The van der Waals surface area contributed by atoms with Crippen LogP contribution in [0.2, 0.25) is 0 Å². The van der Waals surface area contributed by atoms with Gasteiger partial charge in [0.2, 0.25) is 5.78 Å². The first kappa shape index (κ1) is 12.3. The summed E-state index contributed by atoms with van der Waals surface area (Å²) in [5, 5.41) is 0. The minimum absolute atomic E-state index is 0.0257. The van der Waals surface area contributed by atoms with Crippen molar-refractivity contribution >= 4 is 23.2 Å². The number of amides is 1. The second kappa shape index (κ2) is 4.41. The Hall–Kier alpha value is -2.76. The van der Waals surface area contributed by atoms with Gasteiger partial charge in [-0.15, -0.1) is 0 Å². The number of carbonyl (C=O) groups is 3. The van der Waals surface area contributed by atoms with E-state index in [4.69, 9.17) is 4.42 Å². The van der Waals surface area contributed by atoms with E-state index in [2.05, 4.69) is 0 Å². The summed E-state index contributed by atoms with van der Waals surface area (Å²) in [5.74, 6) is -2.60. The average Bonchev–Trinajstić information content (AvgIpc) is 3.03. The van der Waals surface area contributed by atoms with E-state index in [1.807, 2.05) is 0 Å². The Morgan fingerprint density at radius 2 is 2.05 bits per heavy atom. The topological polar surface area (TPSA) is 67.6 Å². The van der Waals surface area contributed by atoms with Crippen molar-refractivity contribution < 1.29 is 23.2 Å². The summed E-state index contributed by atoms with van der Waals surface area (Å²) in [5.41, 5.74) is 0.212. The molecule has 1 aliphatic heterocycles. The molecule has 3 rings (SSSR count). The Labute approximate surface area is 112 Å². The van der Waals surface area contributed by atoms with Crippen LogP contribution in [0.5, 0.6) is 0 Å². The van der Waals surface area contributed by atoms with Gasteiger partial charge >= 0.3 is 0 Å². The van der Waals surface area contributed by atoms with Crippen LogP contribution in [0.15, 0.2) is 41.0 Å². The Bertz CT molecular complexity index is 721. The molecule has 0 saturated heterocycles. The maximum Gasteiger partial charge on any atom is 0.299 e. The highest BCUT2D eigenvalue weighted by Crippen LogP contribution is 2.29. The van der Waals surface area contributed by atoms with Gasteiger partial charge in [0.25, 0.3) is 11.7 Å². The molecule has 100 valence electrons. The first-order valence-electron chi connectivity index (χ1n) is 5.80. The first-order chi connectivity index (χ1) is 9.58. The Morgan fingerprint density at radius 1 is 1.25 bits per heavy atom. The van der Waals surface area contributed by atoms with Gasteiger partial charge < -0.3 is 4.42 Å². The summed E-state index contributed by atoms with van der Waals surface area (Å²) in [7, 11) is 0. The molecule has 6 heteroatoms. The van der Waals surface area contributed by atoms with Crippen LogP contribution in [0.1, 0.15) is 20.9 Å². The molecular formula is C14H8FNO4. The molecule has 0 unspecified atom stereocenters. The number of hydrogen-bond acceptors (Lipinski definition) is 4. The van der Waals surface area contributed by atoms with Crippen LogP contribution in [-0.2, 0) is 4.79 Å². The lowest BCUT2D eigenvalue weighted by molar-refractivity contribution is -0.114. The number of Topliss-reactive ketones (excluding diaryl/α,β-unsaturated/α-hetero) is 2. The number of carbonyl (C=O) groups excluding carboxylic acids is 3. The number of rotatable bonds is 3. The van der Waals surface area contributed by atoms with Crippen LogP contribution in [0, 0.1) is 5.82 Å². The van der Waals surface area contributed by atoms with E-state index in [1.54, 1.807) is 6.07 Å². The van der Waals surface area contributed by atoms with Gasteiger partial charge in [-0.05, 0) is 30.3 Å². The zero-order valence-electron chi connectivity index (χ0n) is 10.1. The van der Waals surface area contributed by atoms with E-state index in [1.165, 1.54) is 18.4 Å². The molecule has 0 atom stereocenters.